The van der Waals surface area contributed by atoms with Gasteiger partial charge in [0.1, 0.15) is 0 Å². The number of aromatic nitrogens is 1. The summed E-state index contributed by atoms with van der Waals surface area (Å²) < 4.78 is 5.21. The maximum absolute atomic E-state index is 2.59. The molecule has 3 heterocycles. The van der Waals surface area contributed by atoms with Gasteiger partial charge in [0.05, 0.1) is 32.5 Å². The highest BCUT2D eigenvalue weighted by Crippen LogP contribution is 2.84. The van der Waals surface area contributed by atoms with Gasteiger partial charge in [0, 0.05) is 37.6 Å². The van der Waals surface area contributed by atoms with E-state index in [1.54, 1.807) is 5.56 Å². The van der Waals surface area contributed by atoms with E-state index in [0.717, 1.165) is 17.8 Å². The molecule has 0 radical (unpaired) electrons. The smallest absolute Gasteiger partial charge is 0.0755 e. The molecule has 6 aliphatic rings. The quantitative estimate of drug-likeness (QED) is 0.172. The molecule has 4 fully saturated rings. The zero-order valence-electron chi connectivity index (χ0n) is 34.3. The van der Waals surface area contributed by atoms with Crippen LogP contribution < -0.4 is 4.90 Å². The van der Waals surface area contributed by atoms with Crippen LogP contribution in [0.25, 0.3) is 58.8 Å². The summed E-state index contributed by atoms with van der Waals surface area (Å²) in [5, 5.41) is 5.27. The van der Waals surface area contributed by atoms with E-state index in [1.807, 2.05) is 11.3 Å². The van der Waals surface area contributed by atoms with Crippen molar-refractivity contribution in [2.24, 2.45) is 23.2 Å². The molecule has 3 unspecified atom stereocenters. The molecule has 3 atom stereocenters. The number of hydrogen-bond acceptors (Lipinski definition) is 2. The van der Waals surface area contributed by atoms with Crippen LogP contribution in [0.3, 0.4) is 0 Å². The minimum Gasteiger partial charge on any atom is -0.309 e. The van der Waals surface area contributed by atoms with Crippen molar-refractivity contribution in [1.29, 1.82) is 0 Å². The van der Waals surface area contributed by atoms with E-state index in [9.17, 15) is 0 Å². The van der Waals surface area contributed by atoms with Crippen molar-refractivity contribution >= 4 is 70.4 Å². The SMILES string of the molecule is c1ccc2c(c1)-c1ccc(N(c3ccc(C45CC6CC7CC(C4)C76C5)cc3)c3cccc4c3sc3ccccc34)cc1C21c2ccccc2-n2c3ccccc3c3cccc1c32. The predicted molar refractivity (Wildman–Crippen MR) is 257 cm³/mol. The lowest BCUT2D eigenvalue weighted by molar-refractivity contribution is -0.175. The van der Waals surface area contributed by atoms with Crippen LogP contribution in [0.1, 0.15) is 59.9 Å². The predicted octanol–water partition coefficient (Wildman–Crippen LogP) is 15.4. The fourth-order valence-electron chi connectivity index (χ4n) is 15.4. The van der Waals surface area contributed by atoms with Crippen LogP contribution in [0.15, 0.2) is 176 Å². The van der Waals surface area contributed by atoms with E-state index in [1.165, 1.54) is 130 Å². The molecule has 2 nitrogen and oxygen atoms in total. The summed E-state index contributed by atoms with van der Waals surface area (Å²) in [6.45, 7) is 0. The fourth-order valence-corrected chi connectivity index (χ4v) is 16.6. The third-order valence-electron chi connectivity index (χ3n) is 17.6. The topological polar surface area (TPSA) is 8.17 Å². The van der Waals surface area contributed by atoms with Crippen LogP contribution >= 0.6 is 11.3 Å². The number of fused-ring (bicyclic) bond motifs is 16. The van der Waals surface area contributed by atoms with Gasteiger partial charge in [0.15, 0.2) is 0 Å². The lowest BCUT2D eigenvalue weighted by Gasteiger charge is -2.66. The Hall–Kier alpha value is -6.42. The molecule has 62 heavy (non-hydrogen) atoms. The van der Waals surface area contributed by atoms with Crippen molar-refractivity contribution < 1.29 is 0 Å². The minimum atomic E-state index is -0.512. The van der Waals surface area contributed by atoms with Gasteiger partial charge in [-0.05, 0) is 148 Å². The first kappa shape index (κ1) is 33.2. The average Bonchev–Trinajstić information content (AvgIpc) is 4.10. The maximum Gasteiger partial charge on any atom is 0.0755 e. The number of hydrogen-bond donors (Lipinski definition) is 0. The van der Waals surface area contributed by atoms with Gasteiger partial charge in [0.25, 0.3) is 0 Å². The highest BCUT2D eigenvalue weighted by molar-refractivity contribution is 7.26. The monoisotopic (exact) mass is 810 g/mol. The number of rotatable bonds is 4. The molecule has 5 aliphatic carbocycles. The normalized spacial score (nSPS) is 26.4. The van der Waals surface area contributed by atoms with E-state index in [2.05, 4.69) is 185 Å². The van der Waals surface area contributed by atoms with Gasteiger partial charge in [-0.15, -0.1) is 11.3 Å². The number of anilines is 3. The molecule has 10 aromatic rings. The summed E-state index contributed by atoms with van der Waals surface area (Å²) in [5.41, 5.74) is 17.7. The Balaban J connectivity index is 0.957. The van der Waals surface area contributed by atoms with Crippen molar-refractivity contribution in [3.8, 4) is 16.8 Å². The summed E-state index contributed by atoms with van der Waals surface area (Å²) in [7, 11) is 0. The molecule has 2 aromatic heterocycles. The van der Waals surface area contributed by atoms with Gasteiger partial charge in [-0.1, -0.05) is 127 Å². The lowest BCUT2D eigenvalue weighted by Crippen LogP contribution is -2.59. The summed E-state index contributed by atoms with van der Waals surface area (Å²) in [6.07, 6.45) is 7.24. The number of nitrogens with zero attached hydrogens (tertiary/aromatic N) is 2. The van der Waals surface area contributed by atoms with Gasteiger partial charge < -0.3 is 9.47 Å². The second-order valence-electron chi connectivity index (χ2n) is 19.8. The van der Waals surface area contributed by atoms with Crippen LogP contribution in [0.5, 0.6) is 0 Å². The molecule has 0 N–H and O–H groups in total. The average molecular weight is 811 g/mol. The second kappa shape index (κ2) is 11.1. The van der Waals surface area contributed by atoms with E-state index < -0.39 is 5.41 Å². The van der Waals surface area contributed by atoms with Crippen molar-refractivity contribution in [3.63, 3.8) is 0 Å². The van der Waals surface area contributed by atoms with Gasteiger partial charge in [-0.25, -0.2) is 0 Å². The number of thiophene rings is 1. The highest BCUT2D eigenvalue weighted by atomic mass is 32.1. The van der Waals surface area contributed by atoms with Gasteiger partial charge in [-0.2, -0.15) is 0 Å². The van der Waals surface area contributed by atoms with Crippen LogP contribution in [0, 0.1) is 23.2 Å². The lowest BCUT2D eigenvalue weighted by atomic mass is 9.38. The molecule has 294 valence electrons. The number of para-hydroxylation sites is 3. The fraction of sp³-hybridized carbons (Fsp3) is 0.186. The van der Waals surface area contributed by atoms with Crippen molar-refractivity contribution in [2.75, 3.05) is 4.90 Å². The highest BCUT2D eigenvalue weighted by Gasteiger charge is 2.77. The zero-order chi connectivity index (χ0) is 40.1. The van der Waals surface area contributed by atoms with Crippen molar-refractivity contribution in [3.05, 3.63) is 204 Å². The minimum absolute atomic E-state index is 0.374. The van der Waals surface area contributed by atoms with E-state index in [-0.39, 0.29) is 0 Å². The van der Waals surface area contributed by atoms with Crippen LogP contribution in [-0.2, 0) is 10.8 Å². The Bertz CT molecular complexity index is 3610. The molecule has 0 amide bonds. The Morgan fingerprint density at radius 3 is 2.05 bits per heavy atom. The van der Waals surface area contributed by atoms with Crippen molar-refractivity contribution in [1.82, 2.24) is 4.57 Å². The molecule has 0 saturated heterocycles. The van der Waals surface area contributed by atoms with Gasteiger partial charge in [0.2, 0.25) is 0 Å². The Kier molecular flexibility index (Phi) is 5.97. The first-order valence-electron chi connectivity index (χ1n) is 22.8. The van der Waals surface area contributed by atoms with Gasteiger partial charge >= 0.3 is 0 Å². The largest absolute Gasteiger partial charge is 0.309 e. The van der Waals surface area contributed by atoms with Crippen LogP contribution in [0.2, 0.25) is 0 Å². The molecule has 4 saturated carbocycles. The molecule has 2 bridgehead atoms. The molecule has 3 heteroatoms. The first-order chi connectivity index (χ1) is 30.7. The van der Waals surface area contributed by atoms with Crippen LogP contribution in [-0.4, -0.2) is 4.57 Å². The van der Waals surface area contributed by atoms with Crippen molar-refractivity contribution in [2.45, 2.75) is 42.9 Å². The number of benzene rings is 8. The molecular formula is C59H42N2S. The summed E-state index contributed by atoms with van der Waals surface area (Å²) in [4.78, 5) is 2.59. The Morgan fingerprint density at radius 1 is 0.516 bits per heavy atom. The third kappa shape index (κ3) is 3.68. The molecule has 8 aromatic carbocycles. The van der Waals surface area contributed by atoms with Gasteiger partial charge in [-0.3, -0.25) is 0 Å². The maximum atomic E-state index is 2.59. The Labute approximate surface area is 364 Å². The van der Waals surface area contributed by atoms with E-state index in [0.29, 0.717) is 10.8 Å². The molecule has 2 spiro atoms. The standard InChI is InChI=1S/C59H42N2S/c1-4-16-47-41(11-1)42-28-27-40(31-50(42)59(47)48-17-5-7-20-52(48)61-51-19-6-2-12-43(51)45-14-9-18-49(59)55(45)61)60(53-21-10-15-46-44-13-3-8-22-54(44)62-56(46)53)39-25-23-35(24-26-39)57-32-37-29-36-30-38(33-57)58(36,37)34-57/h1-28,31,36-38H,29-30,32-34H2. The van der Waals surface area contributed by atoms with Crippen LogP contribution in [0.4, 0.5) is 17.1 Å². The van der Waals surface area contributed by atoms with E-state index in [4.69, 9.17) is 0 Å². The molecule has 16 rings (SSSR count). The molecular weight excluding hydrogens is 769 g/mol. The first-order valence-corrected chi connectivity index (χ1v) is 23.7. The van der Waals surface area contributed by atoms with E-state index >= 15 is 0 Å². The summed E-state index contributed by atoms with van der Waals surface area (Å²) in [6, 6.07) is 67.8. The third-order valence-corrected chi connectivity index (χ3v) is 18.8. The summed E-state index contributed by atoms with van der Waals surface area (Å²) >= 11 is 1.92. The second-order valence-corrected chi connectivity index (χ2v) is 20.8. The summed E-state index contributed by atoms with van der Waals surface area (Å²) in [5.74, 6) is 2.97. The zero-order valence-corrected chi connectivity index (χ0v) is 35.1. The molecule has 1 aliphatic heterocycles. The Morgan fingerprint density at radius 2 is 1.19 bits per heavy atom.